The van der Waals surface area contributed by atoms with Gasteiger partial charge in [0.15, 0.2) is 0 Å². The quantitative estimate of drug-likeness (QED) is 0.400. The molecule has 0 aromatic heterocycles. The molecule has 0 bridgehead atoms. The van der Waals surface area contributed by atoms with E-state index < -0.39 is 0 Å². The van der Waals surface area contributed by atoms with Gasteiger partial charge in [0.1, 0.15) is 0 Å². The first-order valence-corrected chi connectivity index (χ1v) is 5.10. The lowest BCUT2D eigenvalue weighted by atomic mass is 10.0. The minimum atomic E-state index is 0.148. The van der Waals surface area contributed by atoms with E-state index in [1.54, 1.807) is 0 Å². The van der Waals surface area contributed by atoms with Crippen LogP contribution in [0.15, 0.2) is 0 Å². The van der Waals surface area contributed by atoms with Gasteiger partial charge in [0.05, 0.1) is 0 Å². The molecule has 0 amide bonds. The Morgan fingerprint density at radius 2 is 0.846 bits per heavy atom. The van der Waals surface area contributed by atoms with Gasteiger partial charge in [-0.1, -0.05) is 0 Å². The van der Waals surface area contributed by atoms with Crippen molar-refractivity contribution in [1.29, 1.82) is 0 Å². The molecule has 78 valence electrons. The SMILES string of the molecule is NC1CCC(N)CC(N)CC(N)C1. The van der Waals surface area contributed by atoms with Crippen LogP contribution in [0.2, 0.25) is 0 Å². The van der Waals surface area contributed by atoms with E-state index in [1.165, 1.54) is 0 Å². The third-order valence-electron chi connectivity index (χ3n) is 2.72. The molecule has 8 N–H and O–H groups in total. The molecule has 0 radical (unpaired) electrons. The van der Waals surface area contributed by atoms with Gasteiger partial charge < -0.3 is 22.9 Å². The summed E-state index contributed by atoms with van der Waals surface area (Å²) >= 11 is 0. The molecule has 4 atom stereocenters. The molecular formula is C9H22N4. The number of hydrogen-bond donors (Lipinski definition) is 4. The standard InChI is InChI=1S/C9H22N4/c10-6-1-2-7(11)4-9(13)5-8(12)3-6/h6-9H,1-5,10-13H2. The first-order chi connectivity index (χ1) is 6.08. The van der Waals surface area contributed by atoms with Crippen molar-refractivity contribution < 1.29 is 0 Å². The van der Waals surface area contributed by atoms with E-state index in [0.717, 1.165) is 32.1 Å². The van der Waals surface area contributed by atoms with E-state index in [9.17, 15) is 0 Å². The molecule has 1 fully saturated rings. The van der Waals surface area contributed by atoms with Crippen LogP contribution >= 0.6 is 0 Å². The van der Waals surface area contributed by atoms with Crippen LogP contribution < -0.4 is 22.9 Å². The first kappa shape index (κ1) is 10.9. The lowest BCUT2D eigenvalue weighted by molar-refractivity contribution is 0.455. The molecule has 1 rings (SSSR count). The summed E-state index contributed by atoms with van der Waals surface area (Å²) in [5.41, 5.74) is 23.6. The maximum atomic E-state index is 5.90. The average molecular weight is 186 g/mol. The lowest BCUT2D eigenvalue weighted by Crippen LogP contribution is -2.36. The zero-order valence-corrected chi connectivity index (χ0v) is 8.15. The summed E-state index contributed by atoms with van der Waals surface area (Å²) < 4.78 is 0. The van der Waals surface area contributed by atoms with Gasteiger partial charge in [-0.3, -0.25) is 0 Å². The van der Waals surface area contributed by atoms with Crippen molar-refractivity contribution in [2.24, 2.45) is 22.9 Å². The van der Waals surface area contributed by atoms with Crippen LogP contribution in [0, 0.1) is 0 Å². The molecule has 13 heavy (non-hydrogen) atoms. The van der Waals surface area contributed by atoms with Crippen molar-refractivity contribution in [3.63, 3.8) is 0 Å². The smallest absolute Gasteiger partial charge is 0.00682 e. The van der Waals surface area contributed by atoms with E-state index in [2.05, 4.69) is 0 Å². The van der Waals surface area contributed by atoms with Crippen LogP contribution in [0.1, 0.15) is 32.1 Å². The second-order valence-electron chi connectivity index (χ2n) is 4.32. The van der Waals surface area contributed by atoms with Crippen molar-refractivity contribution in [1.82, 2.24) is 0 Å². The Balaban J connectivity index is 2.47. The Morgan fingerprint density at radius 1 is 0.538 bits per heavy atom. The summed E-state index contributed by atoms with van der Waals surface area (Å²) in [6.45, 7) is 0. The average Bonchev–Trinajstić information content (AvgIpc) is 2.02. The van der Waals surface area contributed by atoms with Gasteiger partial charge in [0, 0.05) is 24.2 Å². The maximum absolute atomic E-state index is 5.90. The molecule has 0 aliphatic heterocycles. The summed E-state index contributed by atoms with van der Waals surface area (Å²) in [6.07, 6.45) is 4.55. The van der Waals surface area contributed by atoms with E-state index in [1.807, 2.05) is 0 Å². The lowest BCUT2D eigenvalue weighted by Gasteiger charge is -2.18. The fourth-order valence-corrected chi connectivity index (χ4v) is 2.02. The van der Waals surface area contributed by atoms with Crippen molar-refractivity contribution in [3.05, 3.63) is 0 Å². The van der Waals surface area contributed by atoms with Crippen LogP contribution in [0.3, 0.4) is 0 Å². The molecule has 0 saturated heterocycles. The highest BCUT2D eigenvalue weighted by Crippen LogP contribution is 2.14. The highest BCUT2D eigenvalue weighted by molar-refractivity contribution is 4.82. The topological polar surface area (TPSA) is 104 Å². The minimum Gasteiger partial charge on any atom is -0.328 e. The molecule has 1 aliphatic carbocycles. The molecular weight excluding hydrogens is 164 g/mol. The number of hydrogen-bond acceptors (Lipinski definition) is 4. The fourth-order valence-electron chi connectivity index (χ4n) is 2.02. The molecule has 0 spiro atoms. The van der Waals surface area contributed by atoms with Gasteiger partial charge in [-0.05, 0) is 32.1 Å². The highest BCUT2D eigenvalue weighted by atomic mass is 14.8. The summed E-state index contributed by atoms with van der Waals surface area (Å²) in [5.74, 6) is 0. The molecule has 4 heteroatoms. The van der Waals surface area contributed by atoms with Crippen LogP contribution in [0.25, 0.3) is 0 Å². The van der Waals surface area contributed by atoms with Gasteiger partial charge in [0.25, 0.3) is 0 Å². The van der Waals surface area contributed by atoms with E-state index in [0.29, 0.717) is 0 Å². The zero-order chi connectivity index (χ0) is 9.84. The molecule has 0 aromatic carbocycles. The second-order valence-corrected chi connectivity index (χ2v) is 4.32. The van der Waals surface area contributed by atoms with E-state index in [4.69, 9.17) is 22.9 Å². The molecule has 1 saturated carbocycles. The van der Waals surface area contributed by atoms with Crippen LogP contribution in [0.4, 0.5) is 0 Å². The summed E-state index contributed by atoms with van der Waals surface area (Å²) in [7, 11) is 0. The maximum Gasteiger partial charge on any atom is 0.00682 e. The van der Waals surface area contributed by atoms with E-state index >= 15 is 0 Å². The van der Waals surface area contributed by atoms with Gasteiger partial charge in [-0.15, -0.1) is 0 Å². The fraction of sp³-hybridized carbons (Fsp3) is 1.00. The number of rotatable bonds is 0. The minimum absolute atomic E-state index is 0.148. The highest BCUT2D eigenvalue weighted by Gasteiger charge is 2.19. The molecule has 0 heterocycles. The van der Waals surface area contributed by atoms with Crippen molar-refractivity contribution in [3.8, 4) is 0 Å². The molecule has 4 nitrogen and oxygen atoms in total. The van der Waals surface area contributed by atoms with Gasteiger partial charge in [0.2, 0.25) is 0 Å². The van der Waals surface area contributed by atoms with Crippen LogP contribution in [-0.2, 0) is 0 Å². The third kappa shape index (κ3) is 4.04. The van der Waals surface area contributed by atoms with Crippen molar-refractivity contribution in [2.75, 3.05) is 0 Å². The Bertz CT molecular complexity index is 135. The van der Waals surface area contributed by atoms with Gasteiger partial charge >= 0.3 is 0 Å². The summed E-state index contributed by atoms with van der Waals surface area (Å²) in [5, 5.41) is 0. The zero-order valence-electron chi connectivity index (χ0n) is 8.15. The predicted octanol–water partition coefficient (Wildman–Crippen LogP) is -0.740. The largest absolute Gasteiger partial charge is 0.328 e. The predicted molar refractivity (Wildman–Crippen MR) is 55.0 cm³/mol. The van der Waals surface area contributed by atoms with Crippen molar-refractivity contribution >= 4 is 0 Å². The van der Waals surface area contributed by atoms with Crippen LogP contribution in [0.5, 0.6) is 0 Å². The van der Waals surface area contributed by atoms with E-state index in [-0.39, 0.29) is 24.2 Å². The Hall–Kier alpha value is -0.160. The Labute approximate surface area is 80.0 Å². The monoisotopic (exact) mass is 186 g/mol. The first-order valence-electron chi connectivity index (χ1n) is 5.10. The van der Waals surface area contributed by atoms with Crippen molar-refractivity contribution in [2.45, 2.75) is 56.3 Å². The van der Waals surface area contributed by atoms with Gasteiger partial charge in [-0.25, -0.2) is 0 Å². The molecule has 0 aromatic rings. The normalized spacial score (nSPS) is 43.4. The molecule has 1 aliphatic rings. The number of nitrogens with two attached hydrogens (primary N) is 4. The molecule has 4 unspecified atom stereocenters. The Kier molecular flexibility index (Phi) is 4.12. The second kappa shape index (κ2) is 4.91. The third-order valence-corrected chi connectivity index (χ3v) is 2.72. The van der Waals surface area contributed by atoms with Gasteiger partial charge in [-0.2, -0.15) is 0 Å². The van der Waals surface area contributed by atoms with Crippen LogP contribution in [-0.4, -0.2) is 24.2 Å². The summed E-state index contributed by atoms with van der Waals surface area (Å²) in [6, 6.07) is 0.697. The summed E-state index contributed by atoms with van der Waals surface area (Å²) in [4.78, 5) is 0. The Morgan fingerprint density at radius 3 is 1.23 bits per heavy atom.